The van der Waals surface area contributed by atoms with E-state index in [0.717, 1.165) is 16.9 Å². The van der Waals surface area contributed by atoms with Crippen molar-refractivity contribution in [3.63, 3.8) is 0 Å². The Morgan fingerprint density at radius 1 is 0.944 bits per heavy atom. The highest BCUT2D eigenvalue weighted by atomic mass is 16.6. The van der Waals surface area contributed by atoms with Gasteiger partial charge in [-0.2, -0.15) is 0 Å². The van der Waals surface area contributed by atoms with Gasteiger partial charge in [0.25, 0.3) is 0 Å². The number of piperazine rings is 1. The van der Waals surface area contributed by atoms with Crippen LogP contribution in [-0.2, 0) is 25.5 Å². The topological polar surface area (TPSA) is 88.6 Å². The van der Waals surface area contributed by atoms with Gasteiger partial charge in [0.15, 0.2) is 0 Å². The number of carbonyl (C=O) groups is 3. The van der Waals surface area contributed by atoms with E-state index in [9.17, 15) is 14.4 Å². The van der Waals surface area contributed by atoms with Gasteiger partial charge in [-0.05, 0) is 72.9 Å². The van der Waals surface area contributed by atoms with Crippen molar-refractivity contribution >= 4 is 29.3 Å². The van der Waals surface area contributed by atoms with Crippen molar-refractivity contribution in [2.24, 2.45) is 5.92 Å². The summed E-state index contributed by atoms with van der Waals surface area (Å²) in [5.41, 5.74) is 1.47. The third-order valence-electron chi connectivity index (χ3n) is 6.22. The number of hydrogen-bond donors (Lipinski definition) is 0. The van der Waals surface area contributed by atoms with Crippen LogP contribution in [0.2, 0.25) is 0 Å². The molecule has 2 amide bonds. The van der Waals surface area contributed by atoms with E-state index in [1.54, 1.807) is 37.7 Å². The van der Waals surface area contributed by atoms with E-state index >= 15 is 0 Å². The summed E-state index contributed by atoms with van der Waals surface area (Å²) in [6.45, 7) is 15.7. The zero-order valence-electron chi connectivity index (χ0n) is 23.0. The molecule has 9 nitrogen and oxygen atoms in total. The molecule has 0 aliphatic carbocycles. The van der Waals surface area contributed by atoms with Crippen LogP contribution in [0.25, 0.3) is 0 Å². The highest BCUT2D eigenvalue weighted by molar-refractivity contribution is 6.07. The van der Waals surface area contributed by atoms with Crippen LogP contribution in [0, 0.1) is 5.92 Å². The average Bonchev–Trinajstić information content (AvgIpc) is 2.91. The molecule has 2 aliphatic heterocycles. The molecule has 1 aromatic carbocycles. The van der Waals surface area contributed by atoms with Crippen LogP contribution in [-0.4, -0.2) is 73.9 Å². The minimum atomic E-state index is -0.844. The Kier molecular flexibility index (Phi) is 8.10. The average molecular weight is 504 g/mol. The SMILES string of the molecule is CCN1C(=O)[C@@H](C(=O)OC(C)(C)C)CCc2cc(N3CCN(C(=O)OC(C)(C)C)CC3)c(OC)cc21. The summed E-state index contributed by atoms with van der Waals surface area (Å²) in [4.78, 5) is 44.3. The molecule has 9 heteroatoms. The van der Waals surface area contributed by atoms with E-state index in [2.05, 4.69) is 11.0 Å². The third kappa shape index (κ3) is 6.42. The molecule has 0 saturated carbocycles. The number of anilines is 2. The summed E-state index contributed by atoms with van der Waals surface area (Å²) in [6.07, 6.45) is 0.646. The van der Waals surface area contributed by atoms with Gasteiger partial charge < -0.3 is 28.9 Å². The maximum Gasteiger partial charge on any atom is 0.410 e. The first kappa shape index (κ1) is 27.6. The Bertz CT molecular complexity index is 986. The monoisotopic (exact) mass is 503 g/mol. The smallest absolute Gasteiger partial charge is 0.410 e. The van der Waals surface area contributed by atoms with Gasteiger partial charge in [-0.15, -0.1) is 0 Å². The first-order chi connectivity index (χ1) is 16.7. The molecule has 2 heterocycles. The normalized spacial score (nSPS) is 18.9. The number of rotatable bonds is 4. The van der Waals surface area contributed by atoms with Crippen LogP contribution in [0.5, 0.6) is 5.75 Å². The predicted molar refractivity (Wildman–Crippen MR) is 139 cm³/mol. The number of aryl methyl sites for hydroxylation is 1. The van der Waals surface area contributed by atoms with Gasteiger partial charge in [0.1, 0.15) is 22.9 Å². The lowest BCUT2D eigenvalue weighted by atomic mass is 9.99. The van der Waals surface area contributed by atoms with Crippen molar-refractivity contribution in [3.05, 3.63) is 17.7 Å². The van der Waals surface area contributed by atoms with E-state index in [1.807, 2.05) is 33.8 Å². The van der Waals surface area contributed by atoms with Gasteiger partial charge in [0.05, 0.1) is 18.5 Å². The van der Waals surface area contributed by atoms with Gasteiger partial charge in [-0.25, -0.2) is 4.79 Å². The van der Waals surface area contributed by atoms with Crippen molar-refractivity contribution in [2.75, 3.05) is 49.6 Å². The number of fused-ring (bicyclic) bond motifs is 1. The number of methoxy groups -OCH3 is 1. The maximum atomic E-state index is 13.4. The van der Waals surface area contributed by atoms with Crippen LogP contribution in [0.4, 0.5) is 16.2 Å². The summed E-state index contributed by atoms with van der Waals surface area (Å²) in [5.74, 6) is -0.916. The Hall–Kier alpha value is -2.97. The Balaban J connectivity index is 1.83. The maximum absolute atomic E-state index is 13.4. The highest BCUT2D eigenvalue weighted by Gasteiger charge is 2.38. The first-order valence-electron chi connectivity index (χ1n) is 12.7. The number of nitrogens with zero attached hydrogens (tertiary/aromatic N) is 3. The Morgan fingerprint density at radius 2 is 1.56 bits per heavy atom. The lowest BCUT2D eigenvalue weighted by molar-refractivity contribution is -0.162. The molecule has 0 bridgehead atoms. The predicted octanol–water partition coefficient (Wildman–Crippen LogP) is 4.01. The van der Waals surface area contributed by atoms with Gasteiger partial charge in [-0.1, -0.05) is 0 Å². The fraction of sp³-hybridized carbons (Fsp3) is 0.667. The fourth-order valence-electron chi connectivity index (χ4n) is 4.57. The van der Waals surface area contributed by atoms with E-state index in [0.29, 0.717) is 51.3 Å². The second-order valence-corrected chi connectivity index (χ2v) is 11.3. The lowest BCUT2D eigenvalue weighted by Gasteiger charge is -2.37. The second kappa shape index (κ2) is 10.6. The molecule has 0 radical (unpaired) electrons. The number of esters is 1. The zero-order valence-corrected chi connectivity index (χ0v) is 23.0. The molecule has 200 valence electrons. The van der Waals surface area contributed by atoms with Gasteiger partial charge in [0, 0.05) is 38.8 Å². The van der Waals surface area contributed by atoms with E-state index in [1.165, 1.54) is 0 Å². The molecule has 0 spiro atoms. The number of hydrogen-bond acceptors (Lipinski definition) is 7. The first-order valence-corrected chi connectivity index (χ1v) is 12.7. The molecular formula is C27H41N3O6. The quantitative estimate of drug-likeness (QED) is 0.453. The van der Waals surface area contributed by atoms with E-state index in [-0.39, 0.29) is 12.0 Å². The molecule has 1 atom stereocenters. The van der Waals surface area contributed by atoms with Crippen LogP contribution >= 0.6 is 0 Å². The molecule has 0 N–H and O–H groups in total. The van der Waals surface area contributed by atoms with E-state index < -0.39 is 23.1 Å². The lowest BCUT2D eigenvalue weighted by Crippen LogP contribution is -2.50. The van der Waals surface area contributed by atoms with Crippen molar-refractivity contribution in [1.82, 2.24) is 4.90 Å². The van der Waals surface area contributed by atoms with E-state index in [4.69, 9.17) is 14.2 Å². The third-order valence-corrected chi connectivity index (χ3v) is 6.22. The molecule has 36 heavy (non-hydrogen) atoms. The molecular weight excluding hydrogens is 462 g/mol. The second-order valence-electron chi connectivity index (χ2n) is 11.3. The number of benzene rings is 1. The van der Waals surface area contributed by atoms with Crippen LogP contribution in [0.1, 0.15) is 60.5 Å². The van der Waals surface area contributed by atoms with Crippen molar-refractivity contribution in [3.8, 4) is 5.75 Å². The summed E-state index contributed by atoms with van der Waals surface area (Å²) in [6, 6.07) is 3.95. The number of amides is 2. The summed E-state index contributed by atoms with van der Waals surface area (Å²) in [7, 11) is 1.61. The number of carbonyl (C=O) groups excluding carboxylic acids is 3. The van der Waals surface area contributed by atoms with Crippen molar-refractivity contribution in [2.45, 2.75) is 72.5 Å². The molecule has 2 aliphatic rings. The summed E-state index contributed by atoms with van der Waals surface area (Å²) >= 11 is 0. The Labute approximate surface area is 214 Å². The zero-order chi connectivity index (χ0) is 26.8. The van der Waals surface area contributed by atoms with Crippen LogP contribution in [0.15, 0.2) is 12.1 Å². The van der Waals surface area contributed by atoms with Gasteiger partial charge in [-0.3, -0.25) is 9.59 Å². The fourth-order valence-corrected chi connectivity index (χ4v) is 4.57. The Morgan fingerprint density at radius 3 is 2.08 bits per heavy atom. The van der Waals surface area contributed by atoms with Crippen LogP contribution < -0.4 is 14.5 Å². The highest BCUT2D eigenvalue weighted by Crippen LogP contribution is 2.40. The standard InChI is InChI=1S/C27H41N3O6/c1-9-30-20-17-22(34-8)21(28-12-14-29(15-13-28)25(33)36-27(5,6)7)16-18(20)10-11-19(23(30)31)24(32)35-26(2,3)4/h16-17,19H,9-15H2,1-8H3/t19-/m0/s1. The molecule has 1 aromatic rings. The van der Waals surface area contributed by atoms with Gasteiger partial charge >= 0.3 is 12.1 Å². The minimum absolute atomic E-state index is 0.244. The molecule has 0 aromatic heterocycles. The molecule has 1 saturated heterocycles. The van der Waals surface area contributed by atoms with Crippen molar-refractivity contribution < 1.29 is 28.6 Å². The molecule has 0 unspecified atom stereocenters. The number of ether oxygens (including phenoxy) is 3. The van der Waals surface area contributed by atoms with Gasteiger partial charge in [0.2, 0.25) is 5.91 Å². The largest absolute Gasteiger partial charge is 0.495 e. The molecule has 1 fully saturated rings. The summed E-state index contributed by atoms with van der Waals surface area (Å²) < 4.78 is 16.8. The summed E-state index contributed by atoms with van der Waals surface area (Å²) in [5, 5.41) is 0. The van der Waals surface area contributed by atoms with Crippen LogP contribution in [0.3, 0.4) is 0 Å². The minimum Gasteiger partial charge on any atom is -0.495 e. The van der Waals surface area contributed by atoms with Crippen molar-refractivity contribution in [1.29, 1.82) is 0 Å². The molecule has 3 rings (SSSR count).